The van der Waals surface area contributed by atoms with Gasteiger partial charge in [0, 0.05) is 14.1 Å². The van der Waals surface area contributed by atoms with Crippen LogP contribution in [0, 0.1) is 10.1 Å². The van der Waals surface area contributed by atoms with Crippen LogP contribution in [0.4, 0.5) is 11.5 Å². The molecule has 0 fully saturated rings. The Morgan fingerprint density at radius 3 is 2.82 bits per heavy atom. The number of hydrogen-bond acceptors (Lipinski definition) is 6. The minimum absolute atomic E-state index is 0.0785. The standard InChI is InChI=1S/C8H10ClN5O3/c1-13(2)6(15)4-10-7-5(14(16)17)3-11-8(9)12-7/h3H,4H2,1-2H3,(H,10,11,12). The van der Waals surface area contributed by atoms with Crippen molar-refractivity contribution in [3.05, 3.63) is 21.6 Å². The summed E-state index contributed by atoms with van der Waals surface area (Å²) in [7, 11) is 3.15. The molecule has 0 atom stereocenters. The maximum atomic E-state index is 11.3. The number of carbonyl (C=O) groups excluding carboxylic acids is 1. The van der Waals surface area contributed by atoms with E-state index >= 15 is 0 Å². The molecule has 0 aromatic carbocycles. The minimum atomic E-state index is -0.654. The molecule has 0 aliphatic heterocycles. The molecule has 0 radical (unpaired) electrons. The fourth-order valence-electron chi connectivity index (χ4n) is 0.935. The Hall–Kier alpha value is -1.96. The Morgan fingerprint density at radius 2 is 2.29 bits per heavy atom. The van der Waals surface area contributed by atoms with Crippen LogP contribution in [0.25, 0.3) is 0 Å². The molecule has 9 heteroatoms. The number of nitrogens with one attached hydrogen (secondary N) is 1. The predicted octanol–water partition coefficient (Wildman–Crippen LogP) is 0.538. The van der Waals surface area contributed by atoms with Gasteiger partial charge in [0.2, 0.25) is 17.0 Å². The van der Waals surface area contributed by atoms with Crippen LogP contribution in [0.15, 0.2) is 6.20 Å². The van der Waals surface area contributed by atoms with E-state index in [4.69, 9.17) is 11.6 Å². The third-order valence-corrected chi connectivity index (χ3v) is 2.02. The first-order chi connectivity index (χ1) is 7.91. The predicted molar refractivity (Wildman–Crippen MR) is 60.9 cm³/mol. The van der Waals surface area contributed by atoms with Gasteiger partial charge in [-0.2, -0.15) is 4.98 Å². The van der Waals surface area contributed by atoms with Gasteiger partial charge in [0.05, 0.1) is 11.5 Å². The van der Waals surface area contributed by atoms with Gasteiger partial charge in [-0.25, -0.2) is 4.98 Å². The number of aromatic nitrogens is 2. The van der Waals surface area contributed by atoms with Crippen molar-refractivity contribution in [2.24, 2.45) is 0 Å². The first kappa shape index (κ1) is 13.1. The van der Waals surface area contributed by atoms with E-state index in [9.17, 15) is 14.9 Å². The van der Waals surface area contributed by atoms with Crippen LogP contribution < -0.4 is 5.32 Å². The summed E-state index contributed by atoms with van der Waals surface area (Å²) in [6, 6.07) is 0. The van der Waals surface area contributed by atoms with Gasteiger partial charge in [-0.15, -0.1) is 0 Å². The van der Waals surface area contributed by atoms with E-state index in [1.54, 1.807) is 14.1 Å². The molecular weight excluding hydrogens is 250 g/mol. The van der Waals surface area contributed by atoms with Crippen molar-refractivity contribution in [2.75, 3.05) is 26.0 Å². The van der Waals surface area contributed by atoms with Crippen molar-refractivity contribution in [3.8, 4) is 0 Å². The summed E-state index contributed by atoms with van der Waals surface area (Å²) in [5, 5.41) is 13.1. The van der Waals surface area contributed by atoms with Crippen molar-refractivity contribution in [1.29, 1.82) is 0 Å². The van der Waals surface area contributed by atoms with Crippen LogP contribution in [0.3, 0.4) is 0 Å². The van der Waals surface area contributed by atoms with Gasteiger partial charge in [0.1, 0.15) is 6.20 Å². The molecule has 0 aliphatic carbocycles. The van der Waals surface area contributed by atoms with Gasteiger partial charge < -0.3 is 10.2 Å². The summed E-state index contributed by atoms with van der Waals surface area (Å²) in [6.07, 6.45) is 0.984. The highest BCUT2D eigenvalue weighted by molar-refractivity contribution is 6.28. The Balaban J connectivity index is 2.86. The third kappa shape index (κ3) is 3.52. The fourth-order valence-corrected chi connectivity index (χ4v) is 1.07. The summed E-state index contributed by atoms with van der Waals surface area (Å²) in [5.74, 6) is -0.320. The van der Waals surface area contributed by atoms with E-state index in [0.717, 1.165) is 6.20 Å². The fraction of sp³-hybridized carbons (Fsp3) is 0.375. The number of anilines is 1. The smallest absolute Gasteiger partial charge is 0.329 e. The molecule has 1 heterocycles. The van der Waals surface area contributed by atoms with Gasteiger partial charge >= 0.3 is 5.69 Å². The van der Waals surface area contributed by atoms with E-state index in [1.807, 2.05) is 0 Å². The second-order valence-electron chi connectivity index (χ2n) is 3.27. The number of likely N-dealkylation sites (N-methyl/N-ethyl adjacent to an activating group) is 1. The average molecular weight is 260 g/mol. The molecule has 0 aliphatic rings. The number of halogens is 1. The largest absolute Gasteiger partial charge is 0.355 e. The van der Waals surface area contributed by atoms with E-state index in [1.165, 1.54) is 4.90 Å². The molecule has 0 spiro atoms. The molecule has 1 rings (SSSR count). The summed E-state index contributed by atoms with van der Waals surface area (Å²) < 4.78 is 0. The van der Waals surface area contributed by atoms with Crippen molar-refractivity contribution >= 4 is 29.0 Å². The normalized spacial score (nSPS) is 9.82. The number of amides is 1. The summed E-state index contributed by atoms with van der Waals surface area (Å²) in [5.41, 5.74) is -0.332. The molecule has 1 aromatic heterocycles. The van der Waals surface area contributed by atoms with Crippen LogP contribution in [0.2, 0.25) is 5.28 Å². The second kappa shape index (κ2) is 5.39. The molecule has 1 aromatic rings. The molecule has 0 unspecified atom stereocenters. The van der Waals surface area contributed by atoms with Crippen LogP contribution in [-0.4, -0.2) is 46.3 Å². The Labute approximate surface area is 102 Å². The lowest BCUT2D eigenvalue weighted by atomic mass is 10.4. The summed E-state index contributed by atoms with van der Waals surface area (Å²) in [4.78, 5) is 29.8. The number of carbonyl (C=O) groups is 1. The number of nitrogens with zero attached hydrogens (tertiary/aromatic N) is 4. The minimum Gasteiger partial charge on any atom is -0.355 e. The Kier molecular flexibility index (Phi) is 4.16. The molecule has 1 N–H and O–H groups in total. The van der Waals surface area contributed by atoms with Crippen LogP contribution in [-0.2, 0) is 4.79 Å². The first-order valence-electron chi connectivity index (χ1n) is 4.52. The SMILES string of the molecule is CN(C)C(=O)CNc1nc(Cl)ncc1[N+](=O)[O-]. The van der Waals surface area contributed by atoms with Gasteiger partial charge in [0.15, 0.2) is 0 Å². The number of rotatable bonds is 4. The highest BCUT2D eigenvalue weighted by Crippen LogP contribution is 2.21. The molecule has 92 valence electrons. The zero-order valence-corrected chi connectivity index (χ0v) is 9.93. The van der Waals surface area contributed by atoms with Gasteiger partial charge in [-0.05, 0) is 11.6 Å². The zero-order chi connectivity index (χ0) is 13.0. The van der Waals surface area contributed by atoms with E-state index in [2.05, 4.69) is 15.3 Å². The highest BCUT2D eigenvalue weighted by atomic mass is 35.5. The second-order valence-corrected chi connectivity index (χ2v) is 3.61. The van der Waals surface area contributed by atoms with E-state index < -0.39 is 4.92 Å². The van der Waals surface area contributed by atoms with E-state index in [-0.39, 0.29) is 29.2 Å². The average Bonchev–Trinajstić information content (AvgIpc) is 2.25. The van der Waals surface area contributed by atoms with Crippen LogP contribution in [0.1, 0.15) is 0 Å². The maximum Gasteiger partial charge on any atom is 0.329 e. The molecule has 1 amide bonds. The topological polar surface area (TPSA) is 101 Å². The van der Waals surface area contributed by atoms with Crippen molar-refractivity contribution in [1.82, 2.24) is 14.9 Å². The number of hydrogen-bond donors (Lipinski definition) is 1. The zero-order valence-electron chi connectivity index (χ0n) is 9.18. The van der Waals surface area contributed by atoms with Gasteiger partial charge in [0.25, 0.3) is 0 Å². The molecule has 17 heavy (non-hydrogen) atoms. The number of nitro groups is 1. The Bertz CT molecular complexity index is 451. The molecule has 0 saturated carbocycles. The van der Waals surface area contributed by atoms with Gasteiger partial charge in [-0.3, -0.25) is 14.9 Å². The highest BCUT2D eigenvalue weighted by Gasteiger charge is 2.17. The van der Waals surface area contributed by atoms with Crippen molar-refractivity contribution < 1.29 is 9.72 Å². The molecule has 8 nitrogen and oxygen atoms in total. The summed E-state index contributed by atoms with van der Waals surface area (Å²) >= 11 is 5.52. The van der Waals surface area contributed by atoms with Crippen LogP contribution in [0.5, 0.6) is 0 Å². The Morgan fingerprint density at radius 1 is 1.65 bits per heavy atom. The lowest BCUT2D eigenvalue weighted by Gasteiger charge is -2.11. The lowest BCUT2D eigenvalue weighted by molar-refractivity contribution is -0.384. The van der Waals surface area contributed by atoms with Gasteiger partial charge in [-0.1, -0.05) is 0 Å². The lowest BCUT2D eigenvalue weighted by Crippen LogP contribution is -2.29. The van der Waals surface area contributed by atoms with Crippen molar-refractivity contribution in [2.45, 2.75) is 0 Å². The molecule has 0 saturated heterocycles. The summed E-state index contributed by atoms with van der Waals surface area (Å²) in [6.45, 7) is -0.110. The maximum absolute atomic E-state index is 11.3. The van der Waals surface area contributed by atoms with Crippen molar-refractivity contribution in [3.63, 3.8) is 0 Å². The monoisotopic (exact) mass is 259 g/mol. The van der Waals surface area contributed by atoms with Crippen LogP contribution >= 0.6 is 11.6 Å². The van der Waals surface area contributed by atoms with E-state index in [0.29, 0.717) is 0 Å². The first-order valence-corrected chi connectivity index (χ1v) is 4.90. The third-order valence-electron chi connectivity index (χ3n) is 1.84. The molecular formula is C8H10ClN5O3. The quantitative estimate of drug-likeness (QED) is 0.481. The molecule has 0 bridgehead atoms.